The molecule has 242 valence electrons. The lowest BCUT2D eigenvalue weighted by atomic mass is 9.49. The van der Waals surface area contributed by atoms with Crippen LogP contribution in [0.1, 0.15) is 43.7 Å². The molecule has 2 aliphatic carbocycles. The van der Waals surface area contributed by atoms with Gasteiger partial charge in [0, 0.05) is 23.0 Å². The van der Waals surface area contributed by atoms with Gasteiger partial charge in [-0.25, -0.2) is 4.39 Å². The number of nitrogens with zero attached hydrogens (tertiary/aromatic N) is 2. The Bertz CT molecular complexity index is 1830. The molecule has 6 atom stereocenters. The summed E-state index contributed by atoms with van der Waals surface area (Å²) in [4.78, 5) is 58.2. The van der Waals surface area contributed by atoms with E-state index in [-0.39, 0.29) is 49.3 Å². The van der Waals surface area contributed by atoms with Gasteiger partial charge in [-0.1, -0.05) is 47.5 Å². The molecule has 3 aromatic carbocycles. The van der Waals surface area contributed by atoms with E-state index in [1.807, 2.05) is 6.08 Å². The number of carbonyl (C=O) groups excluding carboxylic acids is 4. The average Bonchev–Trinajstić information content (AvgIpc) is 3.44. The number of nitrogens with one attached hydrogen (secondary N) is 1. The molecule has 0 radical (unpaired) electrons. The van der Waals surface area contributed by atoms with E-state index in [4.69, 9.17) is 16.3 Å². The molecule has 0 aromatic heterocycles. The topological polar surface area (TPSA) is 116 Å². The predicted molar refractivity (Wildman–Crippen MR) is 171 cm³/mol. The number of rotatable bonds is 7. The molecule has 0 spiro atoms. The Balaban J connectivity index is 1.48. The number of phenolic OH excluding ortho intramolecular Hbond substituents is 1. The molecule has 47 heavy (non-hydrogen) atoms. The van der Waals surface area contributed by atoms with Gasteiger partial charge in [0.1, 0.15) is 5.82 Å². The molecule has 3 aromatic rings. The minimum Gasteiger partial charge on any atom is -0.504 e. The van der Waals surface area contributed by atoms with Crippen LogP contribution in [-0.4, -0.2) is 51.8 Å². The van der Waals surface area contributed by atoms with Gasteiger partial charge >= 0.3 is 0 Å². The number of halogens is 2. The average molecular weight is 658 g/mol. The van der Waals surface area contributed by atoms with E-state index in [1.54, 1.807) is 56.3 Å². The molecular formula is C36H33ClFN3O6. The van der Waals surface area contributed by atoms with Gasteiger partial charge in [0.2, 0.25) is 11.8 Å². The van der Waals surface area contributed by atoms with Crippen molar-refractivity contribution in [2.24, 2.45) is 23.7 Å². The maximum Gasteiger partial charge on any atom is 0.260 e. The van der Waals surface area contributed by atoms with Gasteiger partial charge in [0.25, 0.3) is 11.8 Å². The fraction of sp³-hybridized carbons (Fsp3) is 0.333. The number of benzene rings is 3. The molecule has 4 aliphatic rings. The van der Waals surface area contributed by atoms with Gasteiger partial charge < -0.3 is 9.84 Å². The monoisotopic (exact) mass is 657 g/mol. The fourth-order valence-corrected chi connectivity index (χ4v) is 8.55. The van der Waals surface area contributed by atoms with E-state index >= 15 is 4.79 Å². The van der Waals surface area contributed by atoms with Crippen molar-refractivity contribution >= 4 is 40.9 Å². The number of anilines is 1. The van der Waals surface area contributed by atoms with Crippen LogP contribution in [0.4, 0.5) is 10.1 Å². The van der Waals surface area contributed by atoms with Crippen LogP contribution in [0, 0.1) is 29.5 Å². The minimum absolute atomic E-state index is 0.112. The molecule has 1 saturated carbocycles. The van der Waals surface area contributed by atoms with Gasteiger partial charge in [0.05, 0.1) is 35.5 Å². The molecule has 0 bridgehead atoms. The molecule has 2 heterocycles. The third-order valence-corrected chi connectivity index (χ3v) is 10.6. The zero-order valence-corrected chi connectivity index (χ0v) is 26.5. The highest BCUT2D eigenvalue weighted by Gasteiger charge is 2.70. The standard InChI is InChI=1S/C36H33ClFN3O6/c1-3-40-32(43)24-17-16-23-26(29(24)34(40)45)18-27-33(44)41(39-22-14-12-21(38)13-15-22)35(46)36(27,19-8-10-20(37)11-9-19)30(23)25-6-5-7-28(31(25)42)47-4-2/h5-16,24,26-27,29-30,39,42H,3-4,17-18H2,1-2H3. The molecule has 4 amide bonds. The van der Waals surface area contributed by atoms with E-state index in [0.717, 1.165) is 5.01 Å². The maximum atomic E-state index is 15.1. The summed E-state index contributed by atoms with van der Waals surface area (Å²) in [6.45, 7) is 4.06. The highest BCUT2D eigenvalue weighted by atomic mass is 35.5. The number of para-hydroxylation sites is 1. The van der Waals surface area contributed by atoms with Crippen LogP contribution in [0.5, 0.6) is 11.5 Å². The molecule has 9 nitrogen and oxygen atoms in total. The van der Waals surface area contributed by atoms with Crippen molar-refractivity contribution in [3.8, 4) is 11.5 Å². The van der Waals surface area contributed by atoms with E-state index in [9.17, 15) is 23.9 Å². The zero-order valence-electron chi connectivity index (χ0n) is 25.8. The van der Waals surface area contributed by atoms with Crippen molar-refractivity contribution in [3.63, 3.8) is 0 Å². The SMILES string of the molecule is CCOc1cccc(C2C3=CCC4C(=O)N(CC)C(=O)C4C3CC3C(=O)N(Nc4ccc(F)cc4)C(=O)C32c2ccc(Cl)cc2)c1O. The van der Waals surface area contributed by atoms with Crippen molar-refractivity contribution in [2.75, 3.05) is 18.6 Å². The largest absolute Gasteiger partial charge is 0.504 e. The van der Waals surface area contributed by atoms with Crippen LogP contribution in [0.15, 0.2) is 78.4 Å². The molecule has 3 fully saturated rings. The molecule has 7 rings (SSSR count). The third kappa shape index (κ3) is 4.48. The Kier molecular flexibility index (Phi) is 7.58. The first kappa shape index (κ1) is 30.9. The summed E-state index contributed by atoms with van der Waals surface area (Å²) in [6, 6.07) is 17.1. The molecule has 2 saturated heterocycles. The number of allylic oxidation sites excluding steroid dienone is 2. The molecule has 2 aliphatic heterocycles. The van der Waals surface area contributed by atoms with Gasteiger partial charge in [-0.2, -0.15) is 5.01 Å². The second-order valence-corrected chi connectivity index (χ2v) is 12.9. The van der Waals surface area contributed by atoms with Crippen LogP contribution in [0.25, 0.3) is 0 Å². The quantitative estimate of drug-likeness (QED) is 0.251. The minimum atomic E-state index is -1.59. The Hall–Kier alpha value is -4.70. The van der Waals surface area contributed by atoms with Gasteiger partial charge in [-0.15, -0.1) is 0 Å². The summed E-state index contributed by atoms with van der Waals surface area (Å²) >= 11 is 6.32. The molecule has 11 heteroatoms. The maximum absolute atomic E-state index is 15.1. The summed E-state index contributed by atoms with van der Waals surface area (Å²) in [7, 11) is 0. The van der Waals surface area contributed by atoms with Crippen LogP contribution in [0.2, 0.25) is 5.02 Å². The van der Waals surface area contributed by atoms with Crippen molar-refractivity contribution in [3.05, 3.63) is 100 Å². The second kappa shape index (κ2) is 11.5. The van der Waals surface area contributed by atoms with Crippen LogP contribution < -0.4 is 10.2 Å². The number of hydrazine groups is 1. The summed E-state index contributed by atoms with van der Waals surface area (Å²) in [6.07, 6.45) is 2.32. The summed E-state index contributed by atoms with van der Waals surface area (Å²) < 4.78 is 19.5. The number of hydrogen-bond acceptors (Lipinski definition) is 7. The highest BCUT2D eigenvalue weighted by molar-refractivity contribution is 6.30. The molecule has 2 N–H and O–H groups in total. The third-order valence-electron chi connectivity index (χ3n) is 10.3. The lowest BCUT2D eigenvalue weighted by Gasteiger charge is -2.50. The lowest BCUT2D eigenvalue weighted by Crippen LogP contribution is -2.53. The van der Waals surface area contributed by atoms with E-state index in [2.05, 4.69) is 5.43 Å². The second-order valence-electron chi connectivity index (χ2n) is 12.4. The zero-order chi connectivity index (χ0) is 33.2. The Morgan fingerprint density at radius 3 is 2.36 bits per heavy atom. The Morgan fingerprint density at radius 1 is 0.957 bits per heavy atom. The van der Waals surface area contributed by atoms with Gasteiger partial charge in [0.15, 0.2) is 11.5 Å². The molecule has 6 unspecified atom stereocenters. The normalized spacial score (nSPS) is 28.2. The number of fused-ring (bicyclic) bond motifs is 4. The number of phenols is 1. The summed E-state index contributed by atoms with van der Waals surface area (Å²) in [5.74, 6) is -5.87. The number of aromatic hydroxyl groups is 1. The number of amides is 4. The van der Waals surface area contributed by atoms with Crippen molar-refractivity contribution in [1.82, 2.24) is 9.91 Å². The summed E-state index contributed by atoms with van der Waals surface area (Å²) in [5.41, 5.74) is 3.22. The fourth-order valence-electron chi connectivity index (χ4n) is 8.42. The molecular weight excluding hydrogens is 625 g/mol. The highest BCUT2D eigenvalue weighted by Crippen LogP contribution is 2.65. The van der Waals surface area contributed by atoms with Crippen LogP contribution >= 0.6 is 11.6 Å². The van der Waals surface area contributed by atoms with Crippen molar-refractivity contribution in [1.29, 1.82) is 0 Å². The predicted octanol–water partition coefficient (Wildman–Crippen LogP) is 5.59. The first-order valence-corrected chi connectivity index (χ1v) is 16.2. The van der Waals surface area contributed by atoms with Gasteiger partial charge in [-0.3, -0.25) is 29.5 Å². The van der Waals surface area contributed by atoms with E-state index < -0.39 is 52.6 Å². The lowest BCUT2D eigenvalue weighted by molar-refractivity contribution is -0.141. The van der Waals surface area contributed by atoms with Crippen molar-refractivity contribution < 1.29 is 33.4 Å². The van der Waals surface area contributed by atoms with E-state index in [1.165, 1.54) is 29.2 Å². The first-order chi connectivity index (χ1) is 22.6. The Morgan fingerprint density at radius 2 is 1.68 bits per heavy atom. The number of ether oxygens (including phenoxy) is 1. The van der Waals surface area contributed by atoms with Crippen LogP contribution in [0.3, 0.4) is 0 Å². The van der Waals surface area contributed by atoms with E-state index in [0.29, 0.717) is 27.4 Å². The number of hydrogen-bond donors (Lipinski definition) is 2. The first-order valence-electron chi connectivity index (χ1n) is 15.8. The Labute approximate surface area is 275 Å². The summed E-state index contributed by atoms with van der Waals surface area (Å²) in [5, 5.41) is 13.2. The van der Waals surface area contributed by atoms with Gasteiger partial charge in [-0.05, 0) is 80.6 Å². The number of carbonyl (C=O) groups is 4. The smallest absolute Gasteiger partial charge is 0.260 e. The number of imide groups is 2. The number of likely N-dealkylation sites (tertiary alicyclic amines) is 1. The van der Waals surface area contributed by atoms with Crippen LogP contribution in [-0.2, 0) is 24.6 Å². The van der Waals surface area contributed by atoms with Crippen molar-refractivity contribution in [2.45, 2.75) is 38.0 Å².